The third-order valence-corrected chi connectivity index (χ3v) is 3.23. The van der Waals surface area contributed by atoms with Crippen LogP contribution in [0.1, 0.15) is 31.7 Å². The summed E-state index contributed by atoms with van der Waals surface area (Å²) in [6, 6.07) is 8.66. The Morgan fingerprint density at radius 1 is 1.06 bits per heavy atom. The van der Waals surface area contributed by atoms with Crippen LogP contribution < -0.4 is 5.32 Å². The molecule has 0 bridgehead atoms. The molecule has 0 saturated carbocycles. The van der Waals surface area contributed by atoms with Crippen molar-refractivity contribution in [2.75, 3.05) is 12.4 Å². The first-order valence-corrected chi connectivity index (χ1v) is 6.00. The van der Waals surface area contributed by atoms with E-state index in [0.717, 1.165) is 0 Å². The predicted octanol–water partition coefficient (Wildman–Crippen LogP) is 4.24. The van der Waals surface area contributed by atoms with Crippen LogP contribution in [0.5, 0.6) is 0 Å². The SMILES string of the molecule is CCC1=CC=C(c2ccc(NC)cc2)CC1. The van der Waals surface area contributed by atoms with E-state index < -0.39 is 0 Å². The molecule has 0 aromatic heterocycles. The second-order valence-corrected chi connectivity index (χ2v) is 4.20. The number of benzene rings is 1. The highest BCUT2D eigenvalue weighted by molar-refractivity contribution is 5.70. The zero-order chi connectivity index (χ0) is 11.4. The van der Waals surface area contributed by atoms with E-state index in [1.165, 1.54) is 36.1 Å². The van der Waals surface area contributed by atoms with Crippen LogP contribution >= 0.6 is 0 Å². The van der Waals surface area contributed by atoms with Gasteiger partial charge in [0.05, 0.1) is 0 Å². The summed E-state index contributed by atoms with van der Waals surface area (Å²) in [5.41, 5.74) is 5.55. The second-order valence-electron chi connectivity index (χ2n) is 4.20. The molecule has 1 N–H and O–H groups in total. The van der Waals surface area contributed by atoms with Crippen molar-refractivity contribution in [2.24, 2.45) is 0 Å². The van der Waals surface area contributed by atoms with E-state index in [0.29, 0.717) is 0 Å². The molecular weight excluding hydrogens is 194 g/mol. The molecule has 1 heteroatoms. The highest BCUT2D eigenvalue weighted by Gasteiger charge is 2.06. The molecule has 0 amide bonds. The lowest BCUT2D eigenvalue weighted by molar-refractivity contribution is 0.906. The van der Waals surface area contributed by atoms with Gasteiger partial charge in [0.2, 0.25) is 0 Å². The fourth-order valence-electron chi connectivity index (χ4n) is 2.07. The molecule has 1 aliphatic carbocycles. The summed E-state index contributed by atoms with van der Waals surface area (Å²) < 4.78 is 0. The predicted molar refractivity (Wildman–Crippen MR) is 71.6 cm³/mol. The normalized spacial score (nSPS) is 15.4. The zero-order valence-corrected chi connectivity index (χ0v) is 10.1. The van der Waals surface area contributed by atoms with Gasteiger partial charge >= 0.3 is 0 Å². The molecule has 0 aliphatic heterocycles. The molecule has 16 heavy (non-hydrogen) atoms. The molecule has 1 nitrogen and oxygen atoms in total. The van der Waals surface area contributed by atoms with E-state index in [1.807, 2.05) is 7.05 Å². The van der Waals surface area contributed by atoms with Crippen molar-refractivity contribution < 1.29 is 0 Å². The summed E-state index contributed by atoms with van der Waals surface area (Å²) >= 11 is 0. The van der Waals surface area contributed by atoms with Crippen molar-refractivity contribution in [3.8, 4) is 0 Å². The minimum atomic E-state index is 1.17. The minimum absolute atomic E-state index is 1.17. The van der Waals surface area contributed by atoms with Gasteiger partial charge in [0.25, 0.3) is 0 Å². The Bertz CT molecular complexity index is 410. The largest absolute Gasteiger partial charge is 0.388 e. The summed E-state index contributed by atoms with van der Waals surface area (Å²) in [5.74, 6) is 0. The molecule has 1 aromatic carbocycles. The van der Waals surface area contributed by atoms with Crippen molar-refractivity contribution in [1.82, 2.24) is 0 Å². The van der Waals surface area contributed by atoms with E-state index in [1.54, 1.807) is 5.57 Å². The van der Waals surface area contributed by atoms with Crippen LogP contribution in [-0.4, -0.2) is 7.05 Å². The van der Waals surface area contributed by atoms with E-state index in [4.69, 9.17) is 0 Å². The summed E-state index contributed by atoms with van der Waals surface area (Å²) in [6.45, 7) is 2.23. The number of allylic oxidation sites excluding steroid dienone is 4. The van der Waals surface area contributed by atoms with Gasteiger partial charge in [0.15, 0.2) is 0 Å². The van der Waals surface area contributed by atoms with Crippen LogP contribution in [0.15, 0.2) is 42.0 Å². The highest BCUT2D eigenvalue weighted by atomic mass is 14.8. The lowest BCUT2D eigenvalue weighted by atomic mass is 9.92. The molecule has 0 spiro atoms. The number of nitrogens with one attached hydrogen (secondary N) is 1. The smallest absolute Gasteiger partial charge is 0.0337 e. The molecule has 0 fully saturated rings. The van der Waals surface area contributed by atoms with E-state index in [-0.39, 0.29) is 0 Å². The first-order valence-electron chi connectivity index (χ1n) is 6.00. The molecule has 0 unspecified atom stereocenters. The fourth-order valence-corrected chi connectivity index (χ4v) is 2.07. The molecule has 2 rings (SSSR count). The third kappa shape index (κ3) is 2.35. The third-order valence-electron chi connectivity index (χ3n) is 3.23. The van der Waals surface area contributed by atoms with Crippen molar-refractivity contribution in [3.05, 3.63) is 47.6 Å². The minimum Gasteiger partial charge on any atom is -0.388 e. The van der Waals surface area contributed by atoms with Gasteiger partial charge in [-0.15, -0.1) is 0 Å². The molecule has 0 saturated heterocycles. The summed E-state index contributed by atoms with van der Waals surface area (Å²) in [6.07, 6.45) is 8.14. The van der Waals surface area contributed by atoms with Crippen molar-refractivity contribution in [3.63, 3.8) is 0 Å². The zero-order valence-electron chi connectivity index (χ0n) is 10.1. The van der Waals surface area contributed by atoms with E-state index >= 15 is 0 Å². The van der Waals surface area contributed by atoms with Crippen LogP contribution in [-0.2, 0) is 0 Å². The molecule has 1 aromatic rings. The Kier molecular flexibility index (Phi) is 3.45. The molecule has 84 valence electrons. The quantitative estimate of drug-likeness (QED) is 0.791. The van der Waals surface area contributed by atoms with Gasteiger partial charge in [-0.2, -0.15) is 0 Å². The second kappa shape index (κ2) is 5.02. The standard InChI is InChI=1S/C15H19N/c1-3-12-4-6-13(7-5-12)14-8-10-15(16-2)11-9-14/h4,6,8-11,16H,3,5,7H2,1-2H3. The van der Waals surface area contributed by atoms with Gasteiger partial charge < -0.3 is 5.32 Å². The van der Waals surface area contributed by atoms with Crippen LogP contribution in [0, 0.1) is 0 Å². The molecule has 1 aliphatic rings. The number of hydrogen-bond acceptors (Lipinski definition) is 1. The molecular formula is C15H19N. The molecule has 0 atom stereocenters. The number of rotatable bonds is 3. The first-order chi connectivity index (χ1) is 7.83. The van der Waals surface area contributed by atoms with E-state index in [2.05, 4.69) is 48.7 Å². The number of anilines is 1. The average molecular weight is 213 g/mol. The Hall–Kier alpha value is -1.50. The Morgan fingerprint density at radius 3 is 2.31 bits per heavy atom. The van der Waals surface area contributed by atoms with Gasteiger partial charge in [0, 0.05) is 12.7 Å². The molecule has 0 heterocycles. The first kappa shape index (κ1) is 11.0. The fraction of sp³-hybridized carbons (Fsp3) is 0.333. The van der Waals surface area contributed by atoms with Crippen LogP contribution in [0.4, 0.5) is 5.69 Å². The van der Waals surface area contributed by atoms with Crippen LogP contribution in [0.25, 0.3) is 5.57 Å². The summed E-state index contributed by atoms with van der Waals surface area (Å²) in [4.78, 5) is 0. The lowest BCUT2D eigenvalue weighted by Crippen LogP contribution is -1.93. The van der Waals surface area contributed by atoms with Crippen LogP contribution in [0.3, 0.4) is 0 Å². The summed E-state index contributed by atoms with van der Waals surface area (Å²) in [5, 5.41) is 3.14. The van der Waals surface area contributed by atoms with Crippen molar-refractivity contribution in [1.29, 1.82) is 0 Å². The van der Waals surface area contributed by atoms with Gasteiger partial charge in [-0.3, -0.25) is 0 Å². The van der Waals surface area contributed by atoms with Gasteiger partial charge in [-0.1, -0.05) is 36.8 Å². The Balaban J connectivity index is 2.19. The van der Waals surface area contributed by atoms with Gasteiger partial charge in [0.1, 0.15) is 0 Å². The maximum absolute atomic E-state index is 3.14. The Labute approximate surface area is 97.9 Å². The van der Waals surface area contributed by atoms with Crippen molar-refractivity contribution in [2.45, 2.75) is 26.2 Å². The van der Waals surface area contributed by atoms with Gasteiger partial charge in [-0.05, 0) is 42.5 Å². The molecule has 0 radical (unpaired) electrons. The van der Waals surface area contributed by atoms with Gasteiger partial charge in [-0.25, -0.2) is 0 Å². The average Bonchev–Trinajstić information content (AvgIpc) is 2.39. The monoisotopic (exact) mass is 213 g/mol. The maximum atomic E-state index is 3.14. The topological polar surface area (TPSA) is 12.0 Å². The summed E-state index contributed by atoms with van der Waals surface area (Å²) in [7, 11) is 1.95. The van der Waals surface area contributed by atoms with E-state index in [9.17, 15) is 0 Å². The lowest BCUT2D eigenvalue weighted by Gasteiger charge is -2.14. The maximum Gasteiger partial charge on any atom is 0.0337 e. The Morgan fingerprint density at radius 2 is 1.81 bits per heavy atom. The van der Waals surface area contributed by atoms with Crippen molar-refractivity contribution >= 4 is 11.3 Å². The number of hydrogen-bond donors (Lipinski definition) is 1. The van der Waals surface area contributed by atoms with Crippen LogP contribution in [0.2, 0.25) is 0 Å². The highest BCUT2D eigenvalue weighted by Crippen LogP contribution is 2.28.